The van der Waals surface area contributed by atoms with Gasteiger partial charge in [0.25, 0.3) is 0 Å². The monoisotopic (exact) mass is 340 g/mol. The van der Waals surface area contributed by atoms with Gasteiger partial charge in [-0.1, -0.05) is 18.1 Å². The number of carbonyl (C=O) groups excluding carboxylic acids is 1. The van der Waals surface area contributed by atoms with Crippen LogP contribution in [0, 0.1) is 18.6 Å². The lowest BCUT2D eigenvalue weighted by Gasteiger charge is -2.17. The molecular formula is C15H18F2N4O3. The summed E-state index contributed by atoms with van der Waals surface area (Å²) >= 11 is 0. The van der Waals surface area contributed by atoms with E-state index in [1.54, 1.807) is 6.92 Å². The lowest BCUT2D eigenvalue weighted by atomic mass is 10.1. The number of hydrogen-bond donors (Lipinski definition) is 3. The number of urea groups is 1. The number of halogens is 2. The van der Waals surface area contributed by atoms with E-state index in [0.717, 1.165) is 12.1 Å². The van der Waals surface area contributed by atoms with Crippen molar-refractivity contribution in [1.29, 1.82) is 0 Å². The van der Waals surface area contributed by atoms with Gasteiger partial charge >= 0.3 is 6.03 Å². The summed E-state index contributed by atoms with van der Waals surface area (Å²) in [6.07, 6.45) is -0.999. The molecule has 9 heteroatoms. The molecule has 2 amide bonds. The summed E-state index contributed by atoms with van der Waals surface area (Å²) in [6, 6.07) is 2.16. The molecule has 0 aliphatic carbocycles. The van der Waals surface area contributed by atoms with Crippen LogP contribution in [0.15, 0.2) is 22.7 Å². The molecule has 3 N–H and O–H groups in total. The lowest BCUT2D eigenvalue weighted by Crippen LogP contribution is -2.40. The number of nitrogens with zero attached hydrogens (tertiary/aromatic N) is 2. The number of aromatic nitrogens is 2. The lowest BCUT2D eigenvalue weighted by molar-refractivity contribution is 0.163. The third-order valence-electron chi connectivity index (χ3n) is 3.36. The highest BCUT2D eigenvalue weighted by molar-refractivity contribution is 5.74. The summed E-state index contributed by atoms with van der Waals surface area (Å²) in [5, 5.41) is 18.6. The van der Waals surface area contributed by atoms with Crippen molar-refractivity contribution in [3.05, 3.63) is 47.1 Å². The standard InChI is InChI=1S/C15H18F2N4O3/c1-3-11(14-19-8(2)24-21-14)20-15(23)18-7-12(22)13-9(16)5-4-6-10(13)17/h4-6,11-12,22H,3,7H2,1-2H3,(H2,18,20,23). The summed E-state index contributed by atoms with van der Waals surface area (Å²) in [5.74, 6) is -1.06. The number of aryl methyl sites for hydroxylation is 1. The summed E-state index contributed by atoms with van der Waals surface area (Å²) in [4.78, 5) is 15.9. The van der Waals surface area contributed by atoms with Crippen LogP contribution >= 0.6 is 0 Å². The zero-order valence-corrected chi connectivity index (χ0v) is 13.2. The van der Waals surface area contributed by atoms with Gasteiger partial charge in [0.1, 0.15) is 17.7 Å². The maximum atomic E-state index is 13.6. The maximum Gasteiger partial charge on any atom is 0.315 e. The number of aliphatic hydroxyl groups excluding tert-OH is 1. The first-order chi connectivity index (χ1) is 11.4. The van der Waals surface area contributed by atoms with Crippen molar-refractivity contribution in [3.8, 4) is 0 Å². The fourth-order valence-electron chi connectivity index (χ4n) is 2.14. The first-order valence-electron chi connectivity index (χ1n) is 7.39. The van der Waals surface area contributed by atoms with Crippen molar-refractivity contribution in [2.24, 2.45) is 0 Å². The Bertz CT molecular complexity index is 688. The van der Waals surface area contributed by atoms with Crippen molar-refractivity contribution < 1.29 is 23.2 Å². The SMILES string of the molecule is CCC(NC(=O)NCC(O)c1c(F)cccc1F)c1noc(C)n1. The van der Waals surface area contributed by atoms with Crippen LogP contribution in [0.5, 0.6) is 0 Å². The zero-order valence-electron chi connectivity index (χ0n) is 13.2. The van der Waals surface area contributed by atoms with Gasteiger partial charge in [0.2, 0.25) is 5.89 Å². The molecule has 0 radical (unpaired) electrons. The third-order valence-corrected chi connectivity index (χ3v) is 3.36. The summed E-state index contributed by atoms with van der Waals surface area (Å²) < 4.78 is 32.0. The highest BCUT2D eigenvalue weighted by atomic mass is 19.1. The van der Waals surface area contributed by atoms with E-state index >= 15 is 0 Å². The Morgan fingerprint density at radius 2 is 2.04 bits per heavy atom. The van der Waals surface area contributed by atoms with Gasteiger partial charge in [0.15, 0.2) is 5.82 Å². The number of rotatable bonds is 6. The van der Waals surface area contributed by atoms with Crippen LogP contribution in [0.3, 0.4) is 0 Å². The van der Waals surface area contributed by atoms with Crippen molar-refractivity contribution in [2.75, 3.05) is 6.54 Å². The molecule has 7 nitrogen and oxygen atoms in total. The molecule has 1 heterocycles. The van der Waals surface area contributed by atoms with Gasteiger partial charge in [-0.15, -0.1) is 0 Å². The number of hydrogen-bond acceptors (Lipinski definition) is 5. The molecule has 2 aromatic rings. The van der Waals surface area contributed by atoms with E-state index in [9.17, 15) is 18.7 Å². The zero-order chi connectivity index (χ0) is 17.7. The molecule has 1 aromatic carbocycles. The van der Waals surface area contributed by atoms with Crippen molar-refractivity contribution in [2.45, 2.75) is 32.4 Å². The quantitative estimate of drug-likeness (QED) is 0.748. The smallest absolute Gasteiger partial charge is 0.315 e. The Morgan fingerprint density at radius 3 is 2.58 bits per heavy atom. The average molecular weight is 340 g/mol. The topological polar surface area (TPSA) is 100 Å². The molecule has 2 rings (SSSR count). The predicted octanol–water partition coefficient (Wildman–Crippen LogP) is 2.14. The van der Waals surface area contributed by atoms with E-state index in [2.05, 4.69) is 20.8 Å². The third kappa shape index (κ3) is 4.25. The van der Waals surface area contributed by atoms with Crippen LogP contribution in [0.4, 0.5) is 13.6 Å². The molecule has 130 valence electrons. The van der Waals surface area contributed by atoms with Crippen LogP contribution in [-0.4, -0.2) is 27.8 Å². The second-order valence-electron chi connectivity index (χ2n) is 5.14. The molecule has 0 aliphatic rings. The van der Waals surface area contributed by atoms with Gasteiger partial charge in [-0.3, -0.25) is 0 Å². The largest absolute Gasteiger partial charge is 0.386 e. The average Bonchev–Trinajstić information content (AvgIpc) is 2.96. The van der Waals surface area contributed by atoms with Crippen LogP contribution in [0.25, 0.3) is 0 Å². The van der Waals surface area contributed by atoms with Gasteiger partial charge in [-0.2, -0.15) is 4.98 Å². The van der Waals surface area contributed by atoms with Crippen molar-refractivity contribution in [3.63, 3.8) is 0 Å². The van der Waals surface area contributed by atoms with E-state index < -0.39 is 35.4 Å². The molecule has 2 unspecified atom stereocenters. The Balaban J connectivity index is 1.92. The molecule has 2 atom stereocenters. The van der Waals surface area contributed by atoms with Gasteiger partial charge in [-0.25, -0.2) is 13.6 Å². The maximum absolute atomic E-state index is 13.6. The van der Waals surface area contributed by atoms with Crippen LogP contribution in [0.2, 0.25) is 0 Å². The second kappa shape index (κ2) is 7.82. The van der Waals surface area contributed by atoms with Crippen LogP contribution in [-0.2, 0) is 0 Å². The summed E-state index contributed by atoms with van der Waals surface area (Å²) in [6.45, 7) is 3.09. The molecule has 0 spiro atoms. The van der Waals surface area contributed by atoms with Gasteiger partial charge in [0, 0.05) is 13.5 Å². The van der Waals surface area contributed by atoms with Crippen LogP contribution in [0.1, 0.15) is 42.8 Å². The molecule has 0 saturated carbocycles. The number of aliphatic hydroxyl groups is 1. The molecule has 0 fully saturated rings. The van der Waals surface area contributed by atoms with Crippen LogP contribution < -0.4 is 10.6 Å². The minimum absolute atomic E-state index is 0.325. The second-order valence-corrected chi connectivity index (χ2v) is 5.14. The summed E-state index contributed by atoms with van der Waals surface area (Å²) in [7, 11) is 0. The minimum atomic E-state index is -1.51. The highest BCUT2D eigenvalue weighted by Gasteiger charge is 2.21. The van der Waals surface area contributed by atoms with Gasteiger partial charge in [0.05, 0.1) is 11.6 Å². The fraction of sp³-hybridized carbons (Fsp3) is 0.400. The van der Waals surface area contributed by atoms with E-state index in [4.69, 9.17) is 4.52 Å². The fourth-order valence-corrected chi connectivity index (χ4v) is 2.14. The first-order valence-corrected chi connectivity index (χ1v) is 7.39. The Morgan fingerprint density at radius 1 is 1.38 bits per heavy atom. The number of carbonyl (C=O) groups is 1. The van der Waals surface area contributed by atoms with Gasteiger partial charge in [-0.05, 0) is 18.6 Å². The minimum Gasteiger partial charge on any atom is -0.386 e. The Hall–Kier alpha value is -2.55. The number of benzene rings is 1. The Labute approximate surface area is 137 Å². The Kier molecular flexibility index (Phi) is 5.80. The first kappa shape index (κ1) is 17.8. The van der Waals surface area contributed by atoms with E-state index in [-0.39, 0.29) is 6.54 Å². The van der Waals surface area contributed by atoms with E-state index in [1.807, 2.05) is 6.92 Å². The molecular weight excluding hydrogens is 322 g/mol. The van der Waals surface area contributed by atoms with E-state index in [1.165, 1.54) is 6.07 Å². The summed E-state index contributed by atoms with van der Waals surface area (Å²) in [5.41, 5.74) is -0.487. The normalized spacial score (nSPS) is 13.4. The van der Waals surface area contributed by atoms with Crippen molar-refractivity contribution in [1.82, 2.24) is 20.8 Å². The predicted molar refractivity (Wildman–Crippen MR) is 79.9 cm³/mol. The number of nitrogens with one attached hydrogen (secondary N) is 2. The molecule has 1 aromatic heterocycles. The molecule has 0 saturated heterocycles. The number of amides is 2. The molecule has 0 bridgehead atoms. The molecule has 0 aliphatic heterocycles. The van der Waals surface area contributed by atoms with Gasteiger partial charge < -0.3 is 20.3 Å². The molecule has 24 heavy (non-hydrogen) atoms. The van der Waals surface area contributed by atoms with Crippen molar-refractivity contribution >= 4 is 6.03 Å². The van der Waals surface area contributed by atoms with E-state index in [0.29, 0.717) is 18.1 Å². The highest BCUT2D eigenvalue weighted by Crippen LogP contribution is 2.20.